The van der Waals surface area contributed by atoms with Crippen molar-refractivity contribution in [3.8, 4) is 0 Å². The first kappa shape index (κ1) is 20.7. The Morgan fingerprint density at radius 2 is 0.931 bits per heavy atom. The van der Waals surface area contributed by atoms with Gasteiger partial charge in [-0.25, -0.2) is 4.39 Å². The molecule has 0 spiro atoms. The zero-order valence-corrected chi connectivity index (χ0v) is 18.1. The maximum Gasteiger partial charge on any atom is 0.129 e. The van der Waals surface area contributed by atoms with E-state index in [1.807, 2.05) is 59.3 Å². The van der Waals surface area contributed by atoms with Gasteiger partial charge in [0, 0.05) is 65.3 Å². The summed E-state index contributed by atoms with van der Waals surface area (Å²) in [7, 11) is 11.9. The van der Waals surface area contributed by atoms with Gasteiger partial charge in [0.2, 0.25) is 0 Å². The molecule has 0 aromatic heterocycles. The van der Waals surface area contributed by atoms with Crippen LogP contribution in [0.4, 0.5) is 21.5 Å². The maximum atomic E-state index is 15.2. The van der Waals surface area contributed by atoms with Gasteiger partial charge in [0.05, 0.1) is 0 Å². The molecule has 0 saturated heterocycles. The Kier molecular flexibility index (Phi) is 6.12. The van der Waals surface area contributed by atoms with Crippen LogP contribution < -0.4 is 14.7 Å². The van der Waals surface area contributed by atoms with Gasteiger partial charge in [0.25, 0.3) is 0 Å². The lowest BCUT2D eigenvalue weighted by molar-refractivity contribution is 0.606. The molecule has 0 N–H and O–H groups in total. The molecule has 3 aromatic rings. The summed E-state index contributed by atoms with van der Waals surface area (Å²) in [6.07, 6.45) is 0. The Morgan fingerprint density at radius 1 is 0.552 bits per heavy atom. The lowest BCUT2D eigenvalue weighted by Crippen LogP contribution is -2.12. The van der Waals surface area contributed by atoms with Crippen LogP contribution in [-0.2, 0) is 0 Å². The number of nitrogens with zero attached hydrogens (tertiary/aromatic N) is 3. The van der Waals surface area contributed by atoms with E-state index in [-0.39, 0.29) is 11.7 Å². The summed E-state index contributed by atoms with van der Waals surface area (Å²) in [6, 6.07) is 22.2. The van der Waals surface area contributed by atoms with Crippen LogP contribution in [0.15, 0.2) is 66.7 Å². The van der Waals surface area contributed by atoms with Crippen molar-refractivity contribution >= 4 is 17.1 Å². The van der Waals surface area contributed by atoms with Crippen LogP contribution in [0.5, 0.6) is 0 Å². The molecular formula is C25H30FN3. The minimum absolute atomic E-state index is 0.168. The molecule has 0 heterocycles. The molecule has 0 aliphatic rings. The third-order valence-electron chi connectivity index (χ3n) is 5.30. The standard InChI is InChI=1S/C25H30FN3/c1-27(2)20-11-7-18(8-12-20)25(19-9-13-21(14-10-19)28(3)4)23-16-15-22(29(5)6)17-24(23)26/h7-17,25H,1-6H3. The molecule has 0 radical (unpaired) electrons. The van der Waals surface area contributed by atoms with Crippen LogP contribution in [-0.4, -0.2) is 42.3 Å². The maximum absolute atomic E-state index is 15.2. The molecule has 0 aliphatic heterocycles. The minimum Gasteiger partial charge on any atom is -0.378 e. The average molecular weight is 392 g/mol. The van der Waals surface area contributed by atoms with Crippen molar-refractivity contribution in [2.75, 3.05) is 57.0 Å². The summed E-state index contributed by atoms with van der Waals surface area (Å²) in [5, 5.41) is 0. The second-order valence-electron chi connectivity index (χ2n) is 8.01. The number of benzene rings is 3. The van der Waals surface area contributed by atoms with Gasteiger partial charge in [-0.1, -0.05) is 30.3 Å². The van der Waals surface area contributed by atoms with Crippen molar-refractivity contribution in [3.63, 3.8) is 0 Å². The fourth-order valence-corrected chi connectivity index (χ4v) is 3.51. The molecule has 3 aromatic carbocycles. The summed E-state index contributed by atoms with van der Waals surface area (Å²) in [4.78, 5) is 6.05. The molecule has 0 atom stereocenters. The van der Waals surface area contributed by atoms with Gasteiger partial charge in [-0.05, 0) is 53.1 Å². The zero-order chi connectivity index (χ0) is 21.1. The van der Waals surface area contributed by atoms with E-state index in [0.29, 0.717) is 5.56 Å². The predicted molar refractivity (Wildman–Crippen MR) is 123 cm³/mol. The SMILES string of the molecule is CN(C)c1ccc(C(c2ccc(N(C)C)cc2)c2ccc(N(C)C)cc2F)cc1. The summed E-state index contributed by atoms with van der Waals surface area (Å²) in [5.41, 5.74) is 5.94. The molecule has 152 valence electrons. The van der Waals surface area contributed by atoms with Crippen molar-refractivity contribution in [3.05, 3.63) is 89.2 Å². The zero-order valence-electron chi connectivity index (χ0n) is 18.1. The van der Waals surface area contributed by atoms with E-state index in [4.69, 9.17) is 0 Å². The van der Waals surface area contributed by atoms with Gasteiger partial charge < -0.3 is 14.7 Å². The highest BCUT2D eigenvalue weighted by Crippen LogP contribution is 2.36. The van der Waals surface area contributed by atoms with Crippen molar-refractivity contribution in [2.45, 2.75) is 5.92 Å². The monoisotopic (exact) mass is 391 g/mol. The van der Waals surface area contributed by atoms with Crippen molar-refractivity contribution in [1.82, 2.24) is 0 Å². The second-order valence-corrected chi connectivity index (χ2v) is 8.01. The summed E-state index contributed by atoms with van der Waals surface area (Å²) < 4.78 is 15.2. The predicted octanol–water partition coefficient (Wildman–Crippen LogP) is 5.20. The Bertz CT molecular complexity index is 893. The van der Waals surface area contributed by atoms with Gasteiger partial charge in [0.1, 0.15) is 5.82 Å². The van der Waals surface area contributed by atoms with Crippen LogP contribution in [0, 0.1) is 5.82 Å². The molecule has 0 fully saturated rings. The first-order valence-electron chi connectivity index (χ1n) is 9.79. The highest BCUT2D eigenvalue weighted by molar-refractivity contribution is 5.55. The molecule has 0 bridgehead atoms. The van der Waals surface area contributed by atoms with E-state index >= 15 is 4.39 Å². The molecule has 3 nitrogen and oxygen atoms in total. The van der Waals surface area contributed by atoms with E-state index in [2.05, 4.69) is 58.3 Å². The number of anilines is 3. The first-order chi connectivity index (χ1) is 13.8. The largest absolute Gasteiger partial charge is 0.378 e. The number of halogens is 1. The summed E-state index contributed by atoms with van der Waals surface area (Å²) in [6.45, 7) is 0. The Hall–Kier alpha value is -3.01. The van der Waals surface area contributed by atoms with E-state index in [9.17, 15) is 0 Å². The Balaban J connectivity index is 2.11. The molecule has 29 heavy (non-hydrogen) atoms. The van der Waals surface area contributed by atoms with Crippen molar-refractivity contribution < 1.29 is 4.39 Å². The topological polar surface area (TPSA) is 9.72 Å². The van der Waals surface area contributed by atoms with E-state index < -0.39 is 0 Å². The summed E-state index contributed by atoms with van der Waals surface area (Å²) in [5.74, 6) is -0.354. The van der Waals surface area contributed by atoms with E-state index in [1.165, 1.54) is 0 Å². The number of rotatable bonds is 6. The highest BCUT2D eigenvalue weighted by Gasteiger charge is 2.21. The van der Waals surface area contributed by atoms with Crippen molar-refractivity contribution in [2.24, 2.45) is 0 Å². The fourth-order valence-electron chi connectivity index (χ4n) is 3.51. The number of hydrogen-bond acceptors (Lipinski definition) is 3. The first-order valence-corrected chi connectivity index (χ1v) is 9.79. The lowest BCUT2D eigenvalue weighted by atomic mass is 9.84. The minimum atomic E-state index is -0.186. The number of hydrogen-bond donors (Lipinski definition) is 0. The molecule has 0 amide bonds. The second kappa shape index (κ2) is 8.56. The van der Waals surface area contributed by atoms with E-state index in [0.717, 1.165) is 28.2 Å². The van der Waals surface area contributed by atoms with Crippen LogP contribution >= 0.6 is 0 Å². The Labute approximate surface area is 174 Å². The summed E-state index contributed by atoms with van der Waals surface area (Å²) >= 11 is 0. The molecule has 0 saturated carbocycles. The van der Waals surface area contributed by atoms with Gasteiger partial charge in [-0.15, -0.1) is 0 Å². The van der Waals surface area contributed by atoms with Gasteiger partial charge in [-0.2, -0.15) is 0 Å². The lowest BCUT2D eigenvalue weighted by Gasteiger charge is -2.23. The smallest absolute Gasteiger partial charge is 0.129 e. The normalized spacial score (nSPS) is 10.9. The van der Waals surface area contributed by atoms with Crippen molar-refractivity contribution in [1.29, 1.82) is 0 Å². The van der Waals surface area contributed by atoms with Crippen LogP contribution in [0.2, 0.25) is 0 Å². The molecule has 0 aliphatic carbocycles. The third-order valence-corrected chi connectivity index (χ3v) is 5.30. The highest BCUT2D eigenvalue weighted by atomic mass is 19.1. The van der Waals surface area contributed by atoms with Gasteiger partial charge >= 0.3 is 0 Å². The Morgan fingerprint density at radius 3 is 1.28 bits per heavy atom. The van der Waals surface area contributed by atoms with Gasteiger partial charge in [0.15, 0.2) is 0 Å². The quantitative estimate of drug-likeness (QED) is 0.535. The molecule has 3 rings (SSSR count). The van der Waals surface area contributed by atoms with Crippen LogP contribution in [0.1, 0.15) is 22.6 Å². The van der Waals surface area contributed by atoms with E-state index in [1.54, 1.807) is 6.07 Å². The molecule has 4 heteroatoms. The fraction of sp³-hybridized carbons (Fsp3) is 0.280. The molecular weight excluding hydrogens is 361 g/mol. The van der Waals surface area contributed by atoms with Crippen LogP contribution in [0.3, 0.4) is 0 Å². The average Bonchev–Trinajstić information content (AvgIpc) is 2.70. The third kappa shape index (κ3) is 4.53. The van der Waals surface area contributed by atoms with Gasteiger partial charge in [-0.3, -0.25) is 0 Å². The molecule has 0 unspecified atom stereocenters. The van der Waals surface area contributed by atoms with Crippen LogP contribution in [0.25, 0.3) is 0 Å².